The Hall–Kier alpha value is -3.91. The van der Waals surface area contributed by atoms with E-state index in [0.29, 0.717) is 22.9 Å². The lowest BCUT2D eigenvalue weighted by Gasteiger charge is -2.18. The third-order valence-electron chi connectivity index (χ3n) is 6.11. The molecule has 0 aliphatic carbocycles. The zero-order valence-corrected chi connectivity index (χ0v) is 20.8. The van der Waals surface area contributed by atoms with Gasteiger partial charge in [0, 0.05) is 0 Å². The van der Waals surface area contributed by atoms with Crippen LogP contribution in [-0.4, -0.2) is 30.8 Å². The van der Waals surface area contributed by atoms with E-state index < -0.39 is 0 Å². The van der Waals surface area contributed by atoms with Crippen LogP contribution in [0.15, 0.2) is 94.9 Å². The van der Waals surface area contributed by atoms with E-state index in [1.54, 1.807) is 4.57 Å². The minimum Gasteiger partial charge on any atom is -0.349 e. The number of carbonyl (C=O) groups excluding carboxylic acids is 1. The quantitative estimate of drug-likeness (QED) is 0.295. The lowest BCUT2D eigenvalue weighted by atomic mass is 10.0. The molecular formula is C28H27N5O2S. The van der Waals surface area contributed by atoms with Crippen molar-refractivity contribution in [3.8, 4) is 0 Å². The molecule has 8 heteroatoms. The molecular weight excluding hydrogens is 470 g/mol. The number of fused-ring (bicyclic) bond motifs is 3. The van der Waals surface area contributed by atoms with Crippen molar-refractivity contribution < 1.29 is 4.79 Å². The van der Waals surface area contributed by atoms with Crippen LogP contribution >= 0.6 is 11.8 Å². The van der Waals surface area contributed by atoms with Gasteiger partial charge in [-0.05, 0) is 29.7 Å². The molecule has 0 bridgehead atoms. The predicted molar refractivity (Wildman–Crippen MR) is 143 cm³/mol. The Balaban J connectivity index is 1.44. The van der Waals surface area contributed by atoms with E-state index in [1.807, 2.05) is 89.3 Å². The summed E-state index contributed by atoms with van der Waals surface area (Å²) in [6.07, 6.45) is 1.83. The van der Waals surface area contributed by atoms with Gasteiger partial charge in [-0.3, -0.25) is 18.6 Å². The fourth-order valence-corrected chi connectivity index (χ4v) is 5.15. The van der Waals surface area contributed by atoms with E-state index in [4.69, 9.17) is 0 Å². The van der Waals surface area contributed by atoms with E-state index in [2.05, 4.69) is 22.4 Å². The molecule has 1 amide bonds. The Bertz CT molecular complexity index is 1550. The molecule has 2 heterocycles. The van der Waals surface area contributed by atoms with Crippen LogP contribution in [0.3, 0.4) is 0 Å². The number of rotatable bonds is 9. The maximum absolute atomic E-state index is 13.4. The molecule has 2 aromatic heterocycles. The highest BCUT2D eigenvalue weighted by Gasteiger charge is 2.19. The molecule has 0 aliphatic heterocycles. The second-order valence-corrected chi connectivity index (χ2v) is 9.56. The van der Waals surface area contributed by atoms with Crippen molar-refractivity contribution >= 4 is 34.3 Å². The summed E-state index contributed by atoms with van der Waals surface area (Å²) in [4.78, 5) is 26.3. The van der Waals surface area contributed by atoms with E-state index in [9.17, 15) is 9.59 Å². The van der Waals surface area contributed by atoms with Crippen LogP contribution in [0.25, 0.3) is 16.7 Å². The molecule has 0 fully saturated rings. The Labute approximate surface area is 213 Å². The van der Waals surface area contributed by atoms with Gasteiger partial charge >= 0.3 is 0 Å². The van der Waals surface area contributed by atoms with E-state index >= 15 is 0 Å². The number of para-hydroxylation sites is 1. The topological polar surface area (TPSA) is 81.3 Å². The SMILES string of the molecule is CCCC(NC(=O)CSc1nnc2n(Cc3ccccc3)c(=O)c3ccccc3n12)c1ccccc1. The number of carbonyl (C=O) groups is 1. The van der Waals surface area contributed by atoms with Crippen LogP contribution in [-0.2, 0) is 11.3 Å². The van der Waals surface area contributed by atoms with Gasteiger partial charge in [0.1, 0.15) is 0 Å². The highest BCUT2D eigenvalue weighted by molar-refractivity contribution is 7.99. The molecule has 1 unspecified atom stereocenters. The summed E-state index contributed by atoms with van der Waals surface area (Å²) in [5.41, 5.74) is 2.70. The first kappa shape index (κ1) is 23.8. The first-order valence-corrected chi connectivity index (χ1v) is 13.0. The second-order valence-electron chi connectivity index (χ2n) is 8.62. The Morgan fingerprint density at radius 2 is 1.64 bits per heavy atom. The van der Waals surface area contributed by atoms with E-state index in [-0.39, 0.29) is 23.3 Å². The monoisotopic (exact) mass is 497 g/mol. The van der Waals surface area contributed by atoms with E-state index in [0.717, 1.165) is 29.5 Å². The second kappa shape index (κ2) is 10.8. The summed E-state index contributed by atoms with van der Waals surface area (Å²) in [5.74, 6) is 0.583. The average Bonchev–Trinajstić information content (AvgIpc) is 3.35. The number of hydrogen-bond acceptors (Lipinski definition) is 5. The molecule has 5 rings (SSSR count). The number of benzene rings is 3. The van der Waals surface area contributed by atoms with Gasteiger partial charge in [-0.1, -0.05) is 97.9 Å². The van der Waals surface area contributed by atoms with Crippen LogP contribution in [0.1, 0.15) is 36.9 Å². The molecule has 182 valence electrons. The highest BCUT2D eigenvalue weighted by atomic mass is 32.2. The minimum atomic E-state index is -0.117. The summed E-state index contributed by atoms with van der Waals surface area (Å²) >= 11 is 1.32. The molecule has 5 aromatic rings. The summed E-state index contributed by atoms with van der Waals surface area (Å²) in [6.45, 7) is 2.49. The van der Waals surface area contributed by atoms with Crippen LogP contribution in [0.2, 0.25) is 0 Å². The van der Waals surface area contributed by atoms with Crippen molar-refractivity contribution in [2.45, 2.75) is 37.5 Å². The number of aromatic nitrogens is 4. The molecule has 36 heavy (non-hydrogen) atoms. The van der Waals surface area contributed by atoms with Crippen LogP contribution < -0.4 is 10.9 Å². The fraction of sp³-hybridized carbons (Fsp3) is 0.214. The van der Waals surface area contributed by atoms with Crippen molar-refractivity contribution in [3.63, 3.8) is 0 Å². The molecule has 1 N–H and O–H groups in total. The molecule has 0 saturated heterocycles. The summed E-state index contributed by atoms with van der Waals surface area (Å²) in [7, 11) is 0. The van der Waals surface area contributed by atoms with Gasteiger partial charge in [0.05, 0.1) is 29.2 Å². The van der Waals surface area contributed by atoms with Crippen LogP contribution in [0.4, 0.5) is 0 Å². The number of amides is 1. The smallest absolute Gasteiger partial charge is 0.263 e. The van der Waals surface area contributed by atoms with Gasteiger partial charge in [-0.15, -0.1) is 10.2 Å². The van der Waals surface area contributed by atoms with Gasteiger partial charge in [0.15, 0.2) is 5.16 Å². The maximum Gasteiger partial charge on any atom is 0.263 e. The Morgan fingerprint density at radius 1 is 0.944 bits per heavy atom. The standard InChI is InChI=1S/C28H27N5O2S/c1-2-11-23(21-14-7-4-8-15-21)29-25(34)19-36-28-31-30-27-32(18-20-12-5-3-6-13-20)26(35)22-16-9-10-17-24(22)33(27)28/h3-10,12-17,23H,2,11,18-19H2,1H3,(H,29,34). The summed E-state index contributed by atoms with van der Waals surface area (Å²) < 4.78 is 3.51. The number of nitrogens with zero attached hydrogens (tertiary/aromatic N) is 4. The van der Waals surface area contributed by atoms with Crippen molar-refractivity contribution in [1.82, 2.24) is 24.5 Å². The third-order valence-corrected chi connectivity index (χ3v) is 7.04. The molecule has 0 radical (unpaired) electrons. The van der Waals surface area contributed by atoms with E-state index in [1.165, 1.54) is 11.8 Å². The Kier molecular flexibility index (Phi) is 7.13. The molecule has 7 nitrogen and oxygen atoms in total. The predicted octanol–water partition coefficient (Wildman–Crippen LogP) is 4.84. The molecule has 3 aromatic carbocycles. The average molecular weight is 498 g/mol. The summed E-state index contributed by atoms with van der Waals surface area (Å²) in [6, 6.07) is 27.2. The Morgan fingerprint density at radius 3 is 2.39 bits per heavy atom. The lowest BCUT2D eigenvalue weighted by molar-refractivity contribution is -0.119. The number of hydrogen-bond donors (Lipinski definition) is 1. The normalized spacial score (nSPS) is 12.1. The van der Waals surface area contributed by atoms with Crippen LogP contribution in [0, 0.1) is 0 Å². The van der Waals surface area contributed by atoms with Gasteiger partial charge in [-0.2, -0.15) is 0 Å². The van der Waals surface area contributed by atoms with Gasteiger partial charge in [0.25, 0.3) is 5.56 Å². The zero-order chi connectivity index (χ0) is 24.9. The molecule has 0 aliphatic rings. The molecule has 1 atom stereocenters. The summed E-state index contributed by atoms with van der Waals surface area (Å²) in [5, 5.41) is 13.1. The maximum atomic E-state index is 13.4. The fourth-order valence-electron chi connectivity index (χ4n) is 4.40. The highest BCUT2D eigenvalue weighted by Crippen LogP contribution is 2.23. The number of nitrogens with one attached hydrogen (secondary N) is 1. The van der Waals surface area contributed by atoms with Crippen molar-refractivity contribution in [3.05, 3.63) is 106 Å². The first-order chi connectivity index (χ1) is 17.7. The van der Waals surface area contributed by atoms with Crippen LogP contribution in [0.5, 0.6) is 0 Å². The minimum absolute atomic E-state index is 0.0312. The molecule has 0 saturated carbocycles. The van der Waals surface area contributed by atoms with Gasteiger partial charge in [0.2, 0.25) is 11.7 Å². The molecule has 0 spiro atoms. The lowest BCUT2D eigenvalue weighted by Crippen LogP contribution is -2.30. The first-order valence-electron chi connectivity index (χ1n) is 12.0. The van der Waals surface area contributed by atoms with Crippen molar-refractivity contribution in [2.24, 2.45) is 0 Å². The van der Waals surface area contributed by atoms with Crippen molar-refractivity contribution in [2.75, 3.05) is 5.75 Å². The zero-order valence-electron chi connectivity index (χ0n) is 20.0. The third kappa shape index (κ3) is 4.90. The van der Waals surface area contributed by atoms with Gasteiger partial charge < -0.3 is 5.32 Å². The number of thioether (sulfide) groups is 1. The largest absolute Gasteiger partial charge is 0.349 e. The van der Waals surface area contributed by atoms with Gasteiger partial charge in [-0.25, -0.2) is 0 Å². The van der Waals surface area contributed by atoms with Crippen molar-refractivity contribution in [1.29, 1.82) is 0 Å².